The van der Waals surface area contributed by atoms with E-state index in [1.165, 1.54) is 21.6 Å². The molecule has 9 heteroatoms. The zero-order valence-corrected chi connectivity index (χ0v) is 14.7. The van der Waals surface area contributed by atoms with E-state index in [2.05, 4.69) is 15.7 Å². The number of furan rings is 1. The highest BCUT2D eigenvalue weighted by atomic mass is 16.3. The van der Waals surface area contributed by atoms with E-state index in [0.717, 1.165) is 0 Å². The van der Waals surface area contributed by atoms with Gasteiger partial charge in [0.25, 0.3) is 11.5 Å². The molecule has 0 fully saturated rings. The lowest BCUT2D eigenvalue weighted by Crippen LogP contribution is -2.28. The van der Waals surface area contributed by atoms with Crippen LogP contribution in [0.5, 0.6) is 0 Å². The molecule has 0 bridgehead atoms. The van der Waals surface area contributed by atoms with Crippen molar-refractivity contribution in [3.63, 3.8) is 0 Å². The molecule has 3 aromatic rings. The molecule has 1 atom stereocenters. The maximum absolute atomic E-state index is 12.7. The molecule has 0 saturated heterocycles. The Morgan fingerprint density at radius 3 is 2.85 bits per heavy atom. The summed E-state index contributed by atoms with van der Waals surface area (Å²) in [5, 5.41) is 9.81. The quantitative estimate of drug-likeness (QED) is 0.728. The molecule has 1 aliphatic heterocycles. The van der Waals surface area contributed by atoms with Crippen molar-refractivity contribution in [1.82, 2.24) is 14.3 Å². The van der Waals surface area contributed by atoms with Crippen molar-refractivity contribution in [2.24, 2.45) is 14.1 Å². The molecule has 0 saturated carbocycles. The van der Waals surface area contributed by atoms with Gasteiger partial charge in [0.05, 0.1) is 17.7 Å². The number of nitrogens with zero attached hydrogens (tertiary/aromatic N) is 3. The number of fused-ring (bicyclic) bond motifs is 1. The summed E-state index contributed by atoms with van der Waals surface area (Å²) in [7, 11) is 3.24. The van der Waals surface area contributed by atoms with Crippen LogP contribution in [0.15, 0.2) is 45.9 Å². The molecule has 0 unspecified atom stereocenters. The molecule has 2 N–H and O–H groups in total. The summed E-state index contributed by atoms with van der Waals surface area (Å²) in [6, 6.07) is 6.59. The van der Waals surface area contributed by atoms with Crippen LogP contribution < -0.4 is 16.2 Å². The topological polar surface area (TPSA) is 111 Å². The normalized spacial score (nSPS) is 15.9. The number of pyridine rings is 1. The second-order valence-electron chi connectivity index (χ2n) is 6.35. The predicted octanol–water partition coefficient (Wildman–Crippen LogP) is 1.44. The largest absolute Gasteiger partial charge is 0.469 e. The molecule has 0 aromatic carbocycles. The van der Waals surface area contributed by atoms with Gasteiger partial charge in [0.15, 0.2) is 5.82 Å². The van der Waals surface area contributed by atoms with Gasteiger partial charge in [-0.1, -0.05) is 0 Å². The van der Waals surface area contributed by atoms with Gasteiger partial charge >= 0.3 is 0 Å². The Bertz CT molecular complexity index is 1090. The lowest BCUT2D eigenvalue weighted by molar-refractivity contribution is -0.116. The molecule has 27 heavy (non-hydrogen) atoms. The zero-order valence-electron chi connectivity index (χ0n) is 14.7. The molecule has 0 aliphatic carbocycles. The van der Waals surface area contributed by atoms with Crippen LogP contribution in [-0.2, 0) is 18.9 Å². The van der Waals surface area contributed by atoms with Crippen molar-refractivity contribution in [2.45, 2.75) is 12.3 Å². The summed E-state index contributed by atoms with van der Waals surface area (Å²) in [4.78, 5) is 36.9. The number of aryl methyl sites for hydroxylation is 2. The lowest BCUT2D eigenvalue weighted by Gasteiger charge is -2.22. The second-order valence-corrected chi connectivity index (χ2v) is 6.35. The van der Waals surface area contributed by atoms with Crippen molar-refractivity contribution in [2.75, 3.05) is 10.6 Å². The average Bonchev–Trinajstić information content (AvgIpc) is 3.26. The number of nitrogens with one attached hydrogen (secondary N) is 2. The van der Waals surface area contributed by atoms with Crippen LogP contribution in [0.3, 0.4) is 0 Å². The summed E-state index contributed by atoms with van der Waals surface area (Å²) in [6.07, 6.45) is 3.27. The Morgan fingerprint density at radius 1 is 1.30 bits per heavy atom. The number of hydrogen-bond donors (Lipinski definition) is 2. The maximum Gasteiger partial charge on any atom is 0.263 e. The molecule has 4 rings (SSSR count). The van der Waals surface area contributed by atoms with Crippen molar-refractivity contribution < 1.29 is 14.0 Å². The van der Waals surface area contributed by atoms with Crippen LogP contribution in [0.1, 0.15) is 34.0 Å². The third kappa shape index (κ3) is 2.82. The van der Waals surface area contributed by atoms with E-state index in [1.54, 1.807) is 38.5 Å². The van der Waals surface area contributed by atoms with Crippen LogP contribution in [-0.4, -0.2) is 26.2 Å². The monoisotopic (exact) mass is 367 g/mol. The fourth-order valence-corrected chi connectivity index (χ4v) is 3.26. The number of amides is 2. The van der Waals surface area contributed by atoms with Crippen LogP contribution >= 0.6 is 0 Å². The Kier molecular flexibility index (Phi) is 3.91. The first kappa shape index (κ1) is 16.8. The van der Waals surface area contributed by atoms with E-state index in [9.17, 15) is 14.4 Å². The number of carbonyl (C=O) groups excluding carboxylic acids is 2. The summed E-state index contributed by atoms with van der Waals surface area (Å²) < 4.78 is 8.30. The van der Waals surface area contributed by atoms with Gasteiger partial charge in [-0.2, -0.15) is 5.10 Å². The van der Waals surface area contributed by atoms with Gasteiger partial charge in [-0.05, 0) is 24.3 Å². The van der Waals surface area contributed by atoms with E-state index < -0.39 is 11.5 Å². The Morgan fingerprint density at radius 2 is 2.11 bits per heavy atom. The second kappa shape index (κ2) is 6.27. The van der Waals surface area contributed by atoms with Crippen molar-refractivity contribution in [3.8, 4) is 0 Å². The Hall–Kier alpha value is -3.62. The van der Waals surface area contributed by atoms with Crippen LogP contribution in [0.2, 0.25) is 0 Å². The van der Waals surface area contributed by atoms with E-state index in [1.807, 2.05) is 0 Å². The highest BCUT2D eigenvalue weighted by Gasteiger charge is 2.35. The van der Waals surface area contributed by atoms with Gasteiger partial charge in [0.2, 0.25) is 5.91 Å². The van der Waals surface area contributed by atoms with E-state index in [0.29, 0.717) is 17.1 Å². The van der Waals surface area contributed by atoms with Gasteiger partial charge < -0.3 is 19.6 Å². The van der Waals surface area contributed by atoms with Crippen molar-refractivity contribution >= 4 is 23.5 Å². The third-order valence-electron chi connectivity index (χ3n) is 4.57. The van der Waals surface area contributed by atoms with Crippen molar-refractivity contribution in [3.05, 3.63) is 64.0 Å². The standard InChI is InChI=1S/C18H17N5O4/c1-22-7-3-5-10(18(22)26)17(25)20-15-14-11(12-6-4-8-27-12)9-13(24)19-16(14)23(2)21-15/h3-8,11H,9H2,1-2H3,(H,19,24)(H,20,21,25)/t11-/m1/s1. The number of aromatic nitrogens is 3. The number of anilines is 2. The molecule has 0 spiro atoms. The molecule has 0 radical (unpaired) electrons. The lowest BCUT2D eigenvalue weighted by atomic mass is 9.91. The molecule has 3 aromatic heterocycles. The first-order chi connectivity index (χ1) is 13.0. The van der Waals surface area contributed by atoms with Crippen LogP contribution in [0.4, 0.5) is 11.6 Å². The molecule has 4 heterocycles. The molecule has 9 nitrogen and oxygen atoms in total. The van der Waals surface area contributed by atoms with Gasteiger partial charge in [0.1, 0.15) is 17.1 Å². The number of hydrogen-bond acceptors (Lipinski definition) is 5. The van der Waals surface area contributed by atoms with Crippen LogP contribution in [0.25, 0.3) is 0 Å². The van der Waals surface area contributed by atoms with E-state index >= 15 is 0 Å². The molecule has 2 amide bonds. The molecule has 1 aliphatic rings. The summed E-state index contributed by atoms with van der Waals surface area (Å²) in [5.41, 5.74) is 0.248. The fourth-order valence-electron chi connectivity index (χ4n) is 3.26. The third-order valence-corrected chi connectivity index (χ3v) is 4.57. The number of carbonyl (C=O) groups is 2. The highest BCUT2D eigenvalue weighted by molar-refractivity contribution is 6.05. The summed E-state index contributed by atoms with van der Waals surface area (Å²) in [6.45, 7) is 0. The Labute approximate surface area is 153 Å². The first-order valence-corrected chi connectivity index (χ1v) is 8.33. The van der Waals surface area contributed by atoms with E-state index in [-0.39, 0.29) is 29.6 Å². The van der Waals surface area contributed by atoms with Gasteiger partial charge in [-0.15, -0.1) is 0 Å². The first-order valence-electron chi connectivity index (χ1n) is 8.33. The minimum atomic E-state index is -0.563. The predicted molar refractivity (Wildman–Crippen MR) is 96.6 cm³/mol. The van der Waals surface area contributed by atoms with Gasteiger partial charge in [-0.25, -0.2) is 0 Å². The minimum absolute atomic E-state index is 0.00815. The highest BCUT2D eigenvalue weighted by Crippen LogP contribution is 2.41. The molecule has 138 valence electrons. The molecular weight excluding hydrogens is 350 g/mol. The molecular formula is C18H17N5O4. The minimum Gasteiger partial charge on any atom is -0.469 e. The Balaban J connectivity index is 1.76. The van der Waals surface area contributed by atoms with Gasteiger partial charge in [-0.3, -0.25) is 19.1 Å². The van der Waals surface area contributed by atoms with E-state index in [4.69, 9.17) is 4.42 Å². The smallest absolute Gasteiger partial charge is 0.263 e. The maximum atomic E-state index is 12.7. The van der Waals surface area contributed by atoms with Gasteiger partial charge in [0, 0.05) is 26.7 Å². The van der Waals surface area contributed by atoms with Crippen molar-refractivity contribution in [1.29, 1.82) is 0 Å². The number of rotatable bonds is 3. The summed E-state index contributed by atoms with van der Waals surface area (Å²) >= 11 is 0. The fraction of sp³-hybridized carbons (Fsp3) is 0.222. The summed E-state index contributed by atoms with van der Waals surface area (Å²) in [5.74, 6) is 0.263. The van der Waals surface area contributed by atoms with Crippen LogP contribution in [0, 0.1) is 0 Å². The SMILES string of the molecule is Cn1nc(NC(=O)c2cccn(C)c2=O)c2c1NC(=O)C[C@@H]2c1ccco1. The average molecular weight is 367 g/mol. The zero-order chi connectivity index (χ0) is 19.1.